The summed E-state index contributed by atoms with van der Waals surface area (Å²) < 4.78 is 11.3. The number of aryl methyl sites for hydroxylation is 1. The Kier molecular flexibility index (Phi) is 5.15. The number of rotatable bonds is 7. The fraction of sp³-hybridized carbons (Fsp3) is 0.267. The smallest absolute Gasteiger partial charge is 0.419 e. The molecule has 13 heteroatoms. The molecule has 3 rings (SSSR count). The third-order valence-electron chi connectivity index (χ3n) is 3.70. The first-order valence-corrected chi connectivity index (χ1v) is 8.03. The van der Waals surface area contributed by atoms with Gasteiger partial charge in [0.1, 0.15) is 0 Å². The fourth-order valence-corrected chi connectivity index (χ4v) is 2.50. The van der Waals surface area contributed by atoms with Gasteiger partial charge in [0.25, 0.3) is 5.69 Å². The number of fused-ring (bicyclic) bond motifs is 1. The normalized spacial score (nSPS) is 10.9. The Morgan fingerprint density at radius 3 is 2.64 bits per heavy atom. The number of benzene rings is 1. The van der Waals surface area contributed by atoms with Crippen molar-refractivity contribution in [1.29, 1.82) is 0 Å². The van der Waals surface area contributed by atoms with Gasteiger partial charge in [-0.2, -0.15) is 15.0 Å². The second-order valence-electron chi connectivity index (χ2n) is 5.66. The quantitative estimate of drug-likeness (QED) is 0.322. The topological polar surface area (TPSA) is 195 Å². The van der Waals surface area contributed by atoms with Gasteiger partial charge < -0.3 is 20.6 Å². The maximum atomic E-state index is 11.9. The number of nitrogens with zero attached hydrogens (tertiary/aromatic N) is 5. The third kappa shape index (κ3) is 4.20. The van der Waals surface area contributed by atoms with E-state index in [1.165, 1.54) is 22.8 Å². The van der Waals surface area contributed by atoms with Crippen molar-refractivity contribution in [2.24, 2.45) is 0 Å². The van der Waals surface area contributed by atoms with Crippen LogP contribution in [0, 0.1) is 10.1 Å². The molecule has 13 nitrogen and oxygen atoms in total. The molecule has 28 heavy (non-hydrogen) atoms. The molecule has 0 saturated heterocycles. The van der Waals surface area contributed by atoms with Gasteiger partial charge in [-0.05, 0) is 12.5 Å². The summed E-state index contributed by atoms with van der Waals surface area (Å²) in [6.07, 6.45) is 0.300. The lowest BCUT2D eigenvalue weighted by Crippen LogP contribution is -2.16. The maximum Gasteiger partial charge on any atom is 0.419 e. The number of nitro benzene ring substituents is 1. The van der Waals surface area contributed by atoms with Gasteiger partial charge in [0.2, 0.25) is 11.9 Å². The van der Waals surface area contributed by atoms with Crippen LogP contribution in [-0.2, 0) is 22.7 Å². The van der Waals surface area contributed by atoms with Crippen molar-refractivity contribution in [2.75, 3.05) is 11.5 Å². The van der Waals surface area contributed by atoms with E-state index in [4.69, 9.17) is 20.6 Å². The van der Waals surface area contributed by atoms with E-state index >= 15 is 0 Å². The molecule has 0 aliphatic heterocycles. The van der Waals surface area contributed by atoms with Crippen LogP contribution in [0.5, 0.6) is 0 Å². The van der Waals surface area contributed by atoms with Crippen molar-refractivity contribution in [3.8, 4) is 0 Å². The predicted octanol–water partition coefficient (Wildman–Crippen LogP) is 0.376. The molecule has 0 atom stereocenters. The van der Waals surface area contributed by atoms with Gasteiger partial charge >= 0.3 is 11.7 Å². The standard InChI is InChI=1S/C15H15N7O6/c16-13-18-11(19-14(17)20-13)7-27-12(23)2-1-5-21-9-4-3-8(22(25)26)6-10(9)28-15(21)24/h3-4,6H,1-2,5,7H2,(H4,16,17,18,19,20). The van der Waals surface area contributed by atoms with Crippen LogP contribution in [0.1, 0.15) is 18.7 Å². The Morgan fingerprint density at radius 2 is 1.96 bits per heavy atom. The molecule has 0 unspecified atom stereocenters. The lowest BCUT2D eigenvalue weighted by Gasteiger charge is -2.05. The van der Waals surface area contributed by atoms with E-state index in [1.54, 1.807) is 0 Å². The zero-order valence-electron chi connectivity index (χ0n) is 14.4. The van der Waals surface area contributed by atoms with Crippen molar-refractivity contribution >= 4 is 34.7 Å². The highest BCUT2D eigenvalue weighted by Gasteiger charge is 2.14. The molecule has 0 spiro atoms. The van der Waals surface area contributed by atoms with Crippen LogP contribution < -0.4 is 17.2 Å². The predicted molar refractivity (Wildman–Crippen MR) is 94.8 cm³/mol. The number of aromatic nitrogens is 4. The number of anilines is 2. The summed E-state index contributed by atoms with van der Waals surface area (Å²) in [6, 6.07) is 3.87. The van der Waals surface area contributed by atoms with E-state index in [1.807, 2.05) is 0 Å². The zero-order valence-corrected chi connectivity index (χ0v) is 14.4. The highest BCUT2D eigenvalue weighted by Crippen LogP contribution is 2.20. The average molecular weight is 389 g/mol. The van der Waals surface area contributed by atoms with Gasteiger partial charge in [-0.25, -0.2) is 4.79 Å². The number of carbonyl (C=O) groups excluding carboxylic acids is 1. The van der Waals surface area contributed by atoms with Gasteiger partial charge in [0, 0.05) is 19.0 Å². The number of ether oxygens (including phenoxy) is 1. The minimum atomic E-state index is -0.667. The summed E-state index contributed by atoms with van der Waals surface area (Å²) in [4.78, 5) is 45.1. The summed E-state index contributed by atoms with van der Waals surface area (Å²) >= 11 is 0. The van der Waals surface area contributed by atoms with Crippen LogP contribution in [0.15, 0.2) is 27.4 Å². The lowest BCUT2D eigenvalue weighted by atomic mass is 10.2. The van der Waals surface area contributed by atoms with Crippen LogP contribution in [0.25, 0.3) is 11.1 Å². The van der Waals surface area contributed by atoms with Crippen molar-refractivity contribution in [1.82, 2.24) is 19.5 Å². The highest BCUT2D eigenvalue weighted by atomic mass is 16.6. The molecule has 2 heterocycles. The van der Waals surface area contributed by atoms with E-state index in [2.05, 4.69) is 15.0 Å². The van der Waals surface area contributed by atoms with Gasteiger partial charge in [0.05, 0.1) is 16.5 Å². The Bertz CT molecular complexity index is 1090. The molecular weight excluding hydrogens is 374 g/mol. The minimum Gasteiger partial charge on any atom is -0.457 e. The van der Waals surface area contributed by atoms with Crippen molar-refractivity contribution in [2.45, 2.75) is 26.0 Å². The van der Waals surface area contributed by atoms with E-state index in [9.17, 15) is 19.7 Å². The highest BCUT2D eigenvalue weighted by molar-refractivity contribution is 5.75. The summed E-state index contributed by atoms with van der Waals surface area (Å²) in [5.41, 5.74) is 11.2. The van der Waals surface area contributed by atoms with E-state index in [0.29, 0.717) is 5.52 Å². The summed E-state index contributed by atoms with van der Waals surface area (Å²) in [7, 11) is 0. The summed E-state index contributed by atoms with van der Waals surface area (Å²) in [5.74, 6) is -1.24. The van der Waals surface area contributed by atoms with E-state index < -0.39 is 16.6 Å². The summed E-state index contributed by atoms with van der Waals surface area (Å²) in [5, 5.41) is 10.8. The molecule has 1 aromatic carbocycles. The lowest BCUT2D eigenvalue weighted by molar-refractivity contribution is -0.384. The monoisotopic (exact) mass is 389 g/mol. The number of nitro groups is 1. The van der Waals surface area contributed by atoms with E-state index in [-0.39, 0.29) is 55.0 Å². The molecule has 0 aliphatic carbocycles. The number of nitrogens with two attached hydrogens (primary N) is 2. The van der Waals surface area contributed by atoms with Crippen LogP contribution >= 0.6 is 0 Å². The molecular formula is C15H15N7O6. The first kappa shape index (κ1) is 18.8. The Labute approximate surface area is 156 Å². The average Bonchev–Trinajstić information content (AvgIpc) is 2.94. The van der Waals surface area contributed by atoms with Crippen molar-refractivity contribution in [3.63, 3.8) is 0 Å². The maximum absolute atomic E-state index is 11.9. The molecule has 0 aliphatic rings. The zero-order chi connectivity index (χ0) is 20.3. The molecule has 146 valence electrons. The molecule has 0 radical (unpaired) electrons. The SMILES string of the molecule is Nc1nc(N)nc(COC(=O)CCCn2c(=O)oc3cc([N+](=O)[O-])ccc32)n1. The fourth-order valence-electron chi connectivity index (χ4n) is 2.50. The Balaban J connectivity index is 1.57. The van der Waals surface area contributed by atoms with Crippen molar-refractivity contribution in [3.05, 3.63) is 44.7 Å². The molecule has 2 aromatic heterocycles. The second-order valence-corrected chi connectivity index (χ2v) is 5.66. The van der Waals surface area contributed by atoms with Gasteiger partial charge in [-0.15, -0.1) is 0 Å². The first-order valence-electron chi connectivity index (χ1n) is 8.03. The van der Waals surface area contributed by atoms with Crippen LogP contribution in [0.4, 0.5) is 17.6 Å². The van der Waals surface area contributed by atoms with Gasteiger partial charge in [0.15, 0.2) is 18.0 Å². The minimum absolute atomic E-state index is 0.0160. The molecule has 3 aromatic rings. The second kappa shape index (κ2) is 7.69. The van der Waals surface area contributed by atoms with Gasteiger partial charge in [-0.1, -0.05) is 0 Å². The van der Waals surface area contributed by atoms with E-state index in [0.717, 1.165) is 0 Å². The first-order chi connectivity index (χ1) is 13.3. The Morgan fingerprint density at radius 1 is 1.25 bits per heavy atom. The number of hydrogen-bond donors (Lipinski definition) is 2. The number of oxazole rings is 1. The summed E-state index contributed by atoms with van der Waals surface area (Å²) in [6.45, 7) is -0.0432. The van der Waals surface area contributed by atoms with Crippen LogP contribution in [0.2, 0.25) is 0 Å². The van der Waals surface area contributed by atoms with Crippen LogP contribution in [-0.4, -0.2) is 30.4 Å². The number of non-ortho nitro benzene ring substituents is 1. The third-order valence-corrected chi connectivity index (χ3v) is 3.70. The van der Waals surface area contributed by atoms with Gasteiger partial charge in [-0.3, -0.25) is 19.5 Å². The largest absolute Gasteiger partial charge is 0.457 e. The number of nitrogen functional groups attached to an aromatic ring is 2. The number of hydrogen-bond acceptors (Lipinski definition) is 11. The molecule has 0 amide bonds. The van der Waals surface area contributed by atoms with Crippen LogP contribution in [0.3, 0.4) is 0 Å². The number of esters is 1. The molecule has 4 N–H and O–H groups in total. The molecule has 0 saturated carbocycles. The molecule has 0 bridgehead atoms. The number of carbonyl (C=O) groups is 1. The molecule has 0 fully saturated rings. The van der Waals surface area contributed by atoms with Crippen molar-refractivity contribution < 1.29 is 18.9 Å². The Hall–Kier alpha value is -4.03.